The fourth-order valence-electron chi connectivity index (χ4n) is 1.84. The number of hydrogen-bond acceptors (Lipinski definition) is 2. The highest BCUT2D eigenvalue weighted by Gasteiger charge is 2.07. The van der Waals surface area contributed by atoms with Crippen molar-refractivity contribution >= 4 is 22.9 Å². The Morgan fingerprint density at radius 3 is 2.62 bits per heavy atom. The predicted molar refractivity (Wildman–Crippen MR) is 74.4 cm³/mol. The fourth-order valence-corrected chi connectivity index (χ4v) is 2.88. The summed E-state index contributed by atoms with van der Waals surface area (Å²) in [5, 5.41) is 3.64. The van der Waals surface area contributed by atoms with Gasteiger partial charge in [0, 0.05) is 17.5 Å². The number of halogens is 1. The molecular formula is C13H22ClNS. The molecule has 0 aromatic carbocycles. The number of unbranched alkanes of at least 4 members (excludes halogenated alkanes) is 1. The van der Waals surface area contributed by atoms with Gasteiger partial charge in [0.25, 0.3) is 0 Å². The number of nitrogens with one attached hydrogen (secondary N) is 1. The van der Waals surface area contributed by atoms with Gasteiger partial charge in [-0.2, -0.15) is 0 Å². The van der Waals surface area contributed by atoms with Crippen LogP contribution in [0.15, 0.2) is 12.1 Å². The molecular weight excluding hydrogens is 238 g/mol. The third kappa shape index (κ3) is 5.33. The molecule has 1 heterocycles. The van der Waals surface area contributed by atoms with Gasteiger partial charge in [-0.1, -0.05) is 44.7 Å². The van der Waals surface area contributed by atoms with Crippen LogP contribution in [0, 0.1) is 0 Å². The lowest BCUT2D eigenvalue weighted by molar-refractivity contribution is 0.435. The first-order valence-corrected chi connectivity index (χ1v) is 7.43. The average molecular weight is 260 g/mol. The Bertz CT molecular complexity index is 285. The van der Waals surface area contributed by atoms with Gasteiger partial charge in [0.1, 0.15) is 0 Å². The van der Waals surface area contributed by atoms with Crippen LogP contribution in [0.3, 0.4) is 0 Å². The van der Waals surface area contributed by atoms with E-state index in [-0.39, 0.29) is 0 Å². The molecule has 0 spiro atoms. The average Bonchev–Trinajstić information content (AvgIpc) is 2.68. The number of hydrogen-bond donors (Lipinski definition) is 1. The van der Waals surface area contributed by atoms with Crippen LogP contribution < -0.4 is 5.32 Å². The molecule has 0 aliphatic carbocycles. The SMILES string of the molecule is CCCCC(CCC)NCc1ccc(Cl)s1. The Labute approximate surface area is 108 Å². The van der Waals surface area contributed by atoms with E-state index >= 15 is 0 Å². The van der Waals surface area contributed by atoms with E-state index in [0.29, 0.717) is 6.04 Å². The fraction of sp³-hybridized carbons (Fsp3) is 0.692. The summed E-state index contributed by atoms with van der Waals surface area (Å²) < 4.78 is 0.886. The minimum atomic E-state index is 0.672. The van der Waals surface area contributed by atoms with Crippen molar-refractivity contribution in [2.45, 2.75) is 58.5 Å². The highest BCUT2D eigenvalue weighted by atomic mass is 35.5. The summed E-state index contributed by atoms with van der Waals surface area (Å²) in [6, 6.07) is 4.76. The molecule has 16 heavy (non-hydrogen) atoms. The van der Waals surface area contributed by atoms with Crippen LogP contribution in [0.1, 0.15) is 50.8 Å². The van der Waals surface area contributed by atoms with Crippen molar-refractivity contribution in [1.29, 1.82) is 0 Å². The second kappa shape index (κ2) is 8.10. The van der Waals surface area contributed by atoms with Crippen molar-refractivity contribution in [3.05, 3.63) is 21.3 Å². The third-order valence-electron chi connectivity index (χ3n) is 2.74. The summed E-state index contributed by atoms with van der Waals surface area (Å²) in [4.78, 5) is 1.34. The first kappa shape index (κ1) is 14.0. The van der Waals surface area contributed by atoms with Crippen molar-refractivity contribution in [3.8, 4) is 0 Å². The summed E-state index contributed by atoms with van der Waals surface area (Å²) in [6.45, 7) is 5.47. The molecule has 0 aliphatic heterocycles. The van der Waals surface area contributed by atoms with E-state index in [1.54, 1.807) is 11.3 Å². The molecule has 0 bridgehead atoms. The van der Waals surface area contributed by atoms with Crippen molar-refractivity contribution in [2.24, 2.45) is 0 Å². The van der Waals surface area contributed by atoms with Gasteiger partial charge in [-0.25, -0.2) is 0 Å². The molecule has 1 nitrogen and oxygen atoms in total. The van der Waals surface area contributed by atoms with Crippen LogP contribution in [0.4, 0.5) is 0 Å². The lowest BCUT2D eigenvalue weighted by Crippen LogP contribution is -2.28. The van der Waals surface area contributed by atoms with Gasteiger partial charge < -0.3 is 5.32 Å². The molecule has 3 heteroatoms. The third-order valence-corrected chi connectivity index (χ3v) is 3.97. The van der Waals surface area contributed by atoms with Gasteiger partial charge in [-0.05, 0) is 25.0 Å². The van der Waals surface area contributed by atoms with Gasteiger partial charge >= 0.3 is 0 Å². The quantitative estimate of drug-likeness (QED) is 0.704. The smallest absolute Gasteiger partial charge is 0.0931 e. The Kier molecular flexibility index (Phi) is 7.10. The van der Waals surface area contributed by atoms with Crippen LogP contribution in [0.2, 0.25) is 4.34 Å². The van der Waals surface area contributed by atoms with Crippen LogP contribution in [0.5, 0.6) is 0 Å². The van der Waals surface area contributed by atoms with Crippen LogP contribution in [-0.2, 0) is 6.54 Å². The maximum absolute atomic E-state index is 5.91. The molecule has 0 fully saturated rings. The van der Waals surface area contributed by atoms with Crippen molar-refractivity contribution in [2.75, 3.05) is 0 Å². The summed E-state index contributed by atoms with van der Waals surface area (Å²) in [5.74, 6) is 0. The van der Waals surface area contributed by atoms with E-state index in [0.717, 1.165) is 10.9 Å². The monoisotopic (exact) mass is 259 g/mol. The topological polar surface area (TPSA) is 12.0 Å². The van der Waals surface area contributed by atoms with E-state index in [1.165, 1.54) is 37.0 Å². The Balaban J connectivity index is 2.30. The van der Waals surface area contributed by atoms with Crippen LogP contribution >= 0.6 is 22.9 Å². The molecule has 0 radical (unpaired) electrons. The number of thiophene rings is 1. The maximum atomic E-state index is 5.91. The van der Waals surface area contributed by atoms with Crippen molar-refractivity contribution in [3.63, 3.8) is 0 Å². The Hall–Kier alpha value is -0.0500. The summed E-state index contributed by atoms with van der Waals surface area (Å²) in [6.07, 6.45) is 6.44. The first-order chi connectivity index (χ1) is 7.76. The minimum absolute atomic E-state index is 0.672. The molecule has 0 aliphatic rings. The molecule has 1 N–H and O–H groups in total. The zero-order valence-corrected chi connectivity index (χ0v) is 11.8. The Morgan fingerprint density at radius 1 is 1.25 bits per heavy atom. The van der Waals surface area contributed by atoms with Gasteiger partial charge in [0.15, 0.2) is 0 Å². The normalized spacial score (nSPS) is 12.9. The van der Waals surface area contributed by atoms with Crippen LogP contribution in [-0.4, -0.2) is 6.04 Å². The molecule has 92 valence electrons. The lowest BCUT2D eigenvalue weighted by atomic mass is 10.1. The standard InChI is InChI=1S/C13H22ClNS/c1-3-5-7-11(6-4-2)15-10-12-8-9-13(14)16-12/h8-9,11,15H,3-7,10H2,1-2H3. The van der Waals surface area contributed by atoms with Gasteiger partial charge in [-0.15, -0.1) is 11.3 Å². The van der Waals surface area contributed by atoms with E-state index < -0.39 is 0 Å². The molecule has 0 saturated carbocycles. The first-order valence-electron chi connectivity index (χ1n) is 6.23. The van der Waals surface area contributed by atoms with Crippen LogP contribution in [0.25, 0.3) is 0 Å². The zero-order chi connectivity index (χ0) is 11.8. The summed E-state index contributed by atoms with van der Waals surface area (Å²) >= 11 is 7.59. The molecule has 1 aromatic heterocycles. The zero-order valence-electron chi connectivity index (χ0n) is 10.3. The predicted octanol–water partition coefficient (Wildman–Crippen LogP) is 4.85. The van der Waals surface area contributed by atoms with Gasteiger partial charge in [-0.3, -0.25) is 0 Å². The summed E-state index contributed by atoms with van der Waals surface area (Å²) in [7, 11) is 0. The van der Waals surface area contributed by atoms with E-state index in [2.05, 4.69) is 25.2 Å². The highest BCUT2D eigenvalue weighted by Crippen LogP contribution is 2.21. The molecule has 0 amide bonds. The summed E-state index contributed by atoms with van der Waals surface area (Å²) in [5.41, 5.74) is 0. The maximum Gasteiger partial charge on any atom is 0.0931 e. The molecule has 1 unspecified atom stereocenters. The molecule has 1 rings (SSSR count). The second-order valence-corrected chi connectivity index (χ2v) is 6.01. The largest absolute Gasteiger partial charge is 0.309 e. The molecule has 1 atom stereocenters. The van der Waals surface area contributed by atoms with E-state index in [4.69, 9.17) is 11.6 Å². The van der Waals surface area contributed by atoms with Crippen molar-refractivity contribution in [1.82, 2.24) is 5.32 Å². The van der Waals surface area contributed by atoms with Crippen molar-refractivity contribution < 1.29 is 0 Å². The van der Waals surface area contributed by atoms with E-state index in [1.807, 2.05) is 6.07 Å². The second-order valence-electron chi connectivity index (χ2n) is 4.21. The Morgan fingerprint density at radius 2 is 2.06 bits per heavy atom. The highest BCUT2D eigenvalue weighted by molar-refractivity contribution is 7.16. The van der Waals surface area contributed by atoms with E-state index in [9.17, 15) is 0 Å². The molecule has 0 saturated heterocycles. The minimum Gasteiger partial charge on any atom is -0.309 e. The number of rotatable bonds is 8. The molecule has 1 aromatic rings. The van der Waals surface area contributed by atoms with Gasteiger partial charge in [0.05, 0.1) is 4.34 Å². The van der Waals surface area contributed by atoms with Gasteiger partial charge in [0.2, 0.25) is 0 Å². The lowest BCUT2D eigenvalue weighted by Gasteiger charge is -2.17.